The molecule has 0 saturated carbocycles. The highest BCUT2D eigenvalue weighted by Crippen LogP contribution is 2.40. The largest absolute Gasteiger partial charge is 0.507 e. The molecule has 0 aliphatic carbocycles. The van der Waals surface area contributed by atoms with Crippen molar-refractivity contribution >= 4 is 17.4 Å². The summed E-state index contributed by atoms with van der Waals surface area (Å²) in [4.78, 5) is 29.2. The first-order chi connectivity index (χ1) is 14.8. The molecule has 2 aromatic carbocycles. The van der Waals surface area contributed by atoms with E-state index >= 15 is 0 Å². The number of aliphatic hydroxyl groups excluding tert-OH is 1. The summed E-state index contributed by atoms with van der Waals surface area (Å²) in [5.41, 5.74) is 0.409. The maximum absolute atomic E-state index is 14.7. The van der Waals surface area contributed by atoms with Crippen molar-refractivity contribution in [2.45, 2.75) is 26.8 Å². The lowest BCUT2D eigenvalue weighted by Crippen LogP contribution is -2.38. The standard InChI is InChI=1S/C24H26F2N2O3/c1-4-27(5-2)12-13-28-21(17-8-6-7-9-19(17)26)20(23(30)24(28)31)22(29)16-10-11-18(25)15(3)14-16/h6-11,14,21,29H,4-5,12-13H2,1-3H3/b22-20+. The first kappa shape index (κ1) is 22.6. The highest BCUT2D eigenvalue weighted by atomic mass is 19.1. The van der Waals surface area contributed by atoms with Gasteiger partial charge in [-0.15, -0.1) is 0 Å². The Morgan fingerprint density at radius 1 is 1.06 bits per heavy atom. The van der Waals surface area contributed by atoms with Crippen LogP contribution in [0.1, 0.15) is 36.6 Å². The van der Waals surface area contributed by atoms with Crippen molar-refractivity contribution in [2.24, 2.45) is 0 Å². The lowest BCUT2D eigenvalue weighted by molar-refractivity contribution is -0.140. The number of Topliss-reactive ketones (excluding diaryl/α,β-unsaturated/α-hetero) is 1. The van der Waals surface area contributed by atoms with Crippen molar-refractivity contribution in [3.8, 4) is 0 Å². The molecule has 1 heterocycles. The van der Waals surface area contributed by atoms with Crippen molar-refractivity contribution in [1.82, 2.24) is 9.80 Å². The van der Waals surface area contributed by atoms with Crippen LogP contribution in [-0.4, -0.2) is 52.8 Å². The molecule has 164 valence electrons. The third-order valence-corrected chi connectivity index (χ3v) is 5.72. The molecule has 1 N–H and O–H groups in total. The summed E-state index contributed by atoms with van der Waals surface area (Å²) in [5, 5.41) is 11.0. The number of nitrogens with zero attached hydrogens (tertiary/aromatic N) is 2. The van der Waals surface area contributed by atoms with Gasteiger partial charge in [-0.05, 0) is 49.8 Å². The number of likely N-dealkylation sites (N-methyl/N-ethyl adjacent to an activating group) is 1. The van der Waals surface area contributed by atoms with Crippen LogP contribution in [0.25, 0.3) is 5.76 Å². The Balaban J connectivity index is 2.14. The SMILES string of the molecule is CCN(CC)CCN1C(=O)C(=O)/C(=C(/O)c2ccc(F)c(C)c2)C1c1ccccc1F. The highest BCUT2D eigenvalue weighted by Gasteiger charge is 2.46. The molecule has 0 spiro atoms. The third-order valence-electron chi connectivity index (χ3n) is 5.72. The molecule has 1 atom stereocenters. The van der Waals surface area contributed by atoms with Crippen molar-refractivity contribution < 1.29 is 23.5 Å². The number of amides is 1. The molecular formula is C24H26F2N2O3. The van der Waals surface area contributed by atoms with Gasteiger partial charge in [-0.1, -0.05) is 32.0 Å². The monoisotopic (exact) mass is 428 g/mol. The number of aliphatic hydroxyl groups is 1. The summed E-state index contributed by atoms with van der Waals surface area (Å²) in [6, 6.07) is 8.73. The molecule has 1 saturated heterocycles. The van der Waals surface area contributed by atoms with Gasteiger partial charge >= 0.3 is 0 Å². The fraction of sp³-hybridized carbons (Fsp3) is 0.333. The normalized spacial score (nSPS) is 18.3. The van der Waals surface area contributed by atoms with Crippen LogP contribution in [0, 0.1) is 18.6 Å². The van der Waals surface area contributed by atoms with Gasteiger partial charge in [0.25, 0.3) is 11.7 Å². The van der Waals surface area contributed by atoms with Crippen LogP contribution in [0.2, 0.25) is 0 Å². The summed E-state index contributed by atoms with van der Waals surface area (Å²) in [6.07, 6.45) is 0. The second kappa shape index (κ2) is 9.39. The lowest BCUT2D eigenvalue weighted by Gasteiger charge is -2.28. The van der Waals surface area contributed by atoms with Crippen molar-refractivity contribution in [3.05, 3.63) is 76.4 Å². The minimum Gasteiger partial charge on any atom is -0.507 e. The van der Waals surface area contributed by atoms with E-state index in [9.17, 15) is 23.5 Å². The van der Waals surface area contributed by atoms with Crippen LogP contribution in [0.4, 0.5) is 8.78 Å². The van der Waals surface area contributed by atoms with Crippen LogP contribution in [0.5, 0.6) is 0 Å². The molecule has 0 aromatic heterocycles. The van der Waals surface area contributed by atoms with Crippen LogP contribution in [-0.2, 0) is 9.59 Å². The molecule has 5 nitrogen and oxygen atoms in total. The molecule has 1 aliphatic rings. The number of benzene rings is 2. The Labute approximate surface area is 180 Å². The number of hydrogen-bond acceptors (Lipinski definition) is 4. The molecule has 1 unspecified atom stereocenters. The maximum Gasteiger partial charge on any atom is 0.295 e. The van der Waals surface area contributed by atoms with Gasteiger partial charge in [-0.3, -0.25) is 9.59 Å². The van der Waals surface area contributed by atoms with Gasteiger partial charge in [-0.2, -0.15) is 0 Å². The zero-order valence-corrected chi connectivity index (χ0v) is 17.9. The number of ketones is 1. The van der Waals surface area contributed by atoms with Crippen LogP contribution in [0.15, 0.2) is 48.0 Å². The number of carbonyl (C=O) groups excluding carboxylic acids is 2. The van der Waals surface area contributed by atoms with Crippen molar-refractivity contribution in [1.29, 1.82) is 0 Å². The van der Waals surface area contributed by atoms with Gasteiger partial charge in [0.2, 0.25) is 0 Å². The third kappa shape index (κ3) is 4.37. The van der Waals surface area contributed by atoms with Crippen LogP contribution < -0.4 is 0 Å². The molecule has 0 bridgehead atoms. The quantitative estimate of drug-likeness (QED) is 0.411. The number of halogens is 2. The van der Waals surface area contributed by atoms with E-state index in [4.69, 9.17) is 0 Å². The molecule has 0 radical (unpaired) electrons. The summed E-state index contributed by atoms with van der Waals surface area (Å²) in [6.45, 7) is 7.74. The lowest BCUT2D eigenvalue weighted by atomic mass is 9.94. The van der Waals surface area contributed by atoms with Gasteiger partial charge in [0.05, 0.1) is 11.6 Å². The smallest absolute Gasteiger partial charge is 0.295 e. The predicted molar refractivity (Wildman–Crippen MR) is 114 cm³/mol. The predicted octanol–water partition coefficient (Wildman–Crippen LogP) is 4.04. The van der Waals surface area contributed by atoms with Crippen molar-refractivity contribution in [3.63, 3.8) is 0 Å². The van der Waals surface area contributed by atoms with E-state index in [1.54, 1.807) is 6.07 Å². The Kier molecular flexibility index (Phi) is 6.85. The molecule has 2 aromatic rings. The van der Waals surface area contributed by atoms with E-state index in [2.05, 4.69) is 4.90 Å². The Morgan fingerprint density at radius 2 is 1.74 bits per heavy atom. The minimum absolute atomic E-state index is 0.127. The molecule has 3 rings (SSSR count). The first-order valence-corrected chi connectivity index (χ1v) is 10.3. The van der Waals surface area contributed by atoms with Gasteiger partial charge < -0.3 is 14.9 Å². The highest BCUT2D eigenvalue weighted by molar-refractivity contribution is 6.46. The van der Waals surface area contributed by atoms with Gasteiger partial charge in [0.1, 0.15) is 17.4 Å². The van der Waals surface area contributed by atoms with E-state index in [0.717, 1.165) is 13.1 Å². The first-order valence-electron chi connectivity index (χ1n) is 10.3. The molecule has 1 fully saturated rings. The molecule has 31 heavy (non-hydrogen) atoms. The molecule has 7 heteroatoms. The zero-order chi connectivity index (χ0) is 22.7. The minimum atomic E-state index is -1.07. The van der Waals surface area contributed by atoms with E-state index in [1.807, 2.05) is 13.8 Å². The van der Waals surface area contributed by atoms with E-state index < -0.39 is 35.1 Å². The second-order valence-electron chi connectivity index (χ2n) is 7.50. The Morgan fingerprint density at radius 3 is 2.35 bits per heavy atom. The van der Waals surface area contributed by atoms with Crippen molar-refractivity contribution in [2.75, 3.05) is 26.2 Å². The number of likely N-dealkylation sites (tertiary alicyclic amines) is 1. The van der Waals surface area contributed by atoms with E-state index in [1.165, 1.54) is 48.2 Å². The Hall–Kier alpha value is -3.06. The van der Waals surface area contributed by atoms with Gasteiger partial charge in [0, 0.05) is 24.2 Å². The molecule has 1 aliphatic heterocycles. The molecule has 1 amide bonds. The summed E-state index contributed by atoms with van der Waals surface area (Å²) in [7, 11) is 0. The zero-order valence-electron chi connectivity index (χ0n) is 17.9. The van der Waals surface area contributed by atoms with E-state index in [0.29, 0.717) is 6.54 Å². The number of rotatable bonds is 7. The number of aryl methyl sites for hydroxylation is 1. The maximum atomic E-state index is 14.7. The van der Waals surface area contributed by atoms with Crippen LogP contribution in [0.3, 0.4) is 0 Å². The Bertz CT molecular complexity index is 1030. The summed E-state index contributed by atoms with van der Waals surface area (Å²) < 4.78 is 28.4. The van der Waals surface area contributed by atoms with Gasteiger partial charge in [-0.25, -0.2) is 8.78 Å². The topological polar surface area (TPSA) is 60.9 Å². The fourth-order valence-corrected chi connectivity index (χ4v) is 3.87. The summed E-state index contributed by atoms with van der Waals surface area (Å²) >= 11 is 0. The summed E-state index contributed by atoms with van der Waals surface area (Å²) in [5.74, 6) is -3.15. The average Bonchev–Trinajstić information content (AvgIpc) is 3.01. The number of hydrogen-bond donors (Lipinski definition) is 1. The van der Waals surface area contributed by atoms with E-state index in [-0.39, 0.29) is 28.8 Å². The number of carbonyl (C=O) groups is 2. The van der Waals surface area contributed by atoms with Gasteiger partial charge in [0.15, 0.2) is 0 Å². The molecular weight excluding hydrogens is 402 g/mol. The average molecular weight is 428 g/mol. The fourth-order valence-electron chi connectivity index (χ4n) is 3.87. The van der Waals surface area contributed by atoms with Crippen LogP contribution >= 0.6 is 0 Å². The second-order valence-corrected chi connectivity index (χ2v) is 7.50.